The van der Waals surface area contributed by atoms with E-state index < -0.39 is 0 Å². The predicted molar refractivity (Wildman–Crippen MR) is 92.0 cm³/mol. The molecule has 0 bridgehead atoms. The molecule has 114 valence electrons. The van der Waals surface area contributed by atoms with E-state index in [-0.39, 0.29) is 0 Å². The van der Waals surface area contributed by atoms with Crippen LogP contribution in [0.15, 0.2) is 6.07 Å². The van der Waals surface area contributed by atoms with Gasteiger partial charge in [-0.2, -0.15) is 0 Å². The number of anilines is 1. The number of thiocarbonyl (C=S) groups is 1. The molecule has 0 radical (unpaired) electrons. The fraction of sp³-hybridized carbons (Fsp3) is 0.647. The summed E-state index contributed by atoms with van der Waals surface area (Å²) >= 11 is 5.26. The van der Waals surface area contributed by atoms with Gasteiger partial charge in [0.05, 0.1) is 5.56 Å². The molecule has 21 heavy (non-hydrogen) atoms. The third-order valence-corrected chi connectivity index (χ3v) is 5.13. The van der Waals surface area contributed by atoms with Gasteiger partial charge in [-0.1, -0.05) is 31.5 Å². The molecule has 0 spiro atoms. The van der Waals surface area contributed by atoms with Crippen LogP contribution >= 0.6 is 12.2 Å². The van der Waals surface area contributed by atoms with Gasteiger partial charge in [-0.15, -0.1) is 0 Å². The van der Waals surface area contributed by atoms with Crippen LogP contribution in [-0.4, -0.2) is 23.6 Å². The van der Waals surface area contributed by atoms with Gasteiger partial charge in [0.2, 0.25) is 0 Å². The average Bonchev–Trinajstić information content (AvgIpc) is 2.94. The largest absolute Gasteiger partial charge is 0.389 e. The second kappa shape index (κ2) is 6.30. The highest BCUT2D eigenvalue weighted by Gasteiger charge is 2.22. The number of nitrogens with zero attached hydrogens (tertiary/aromatic N) is 2. The van der Waals surface area contributed by atoms with Crippen LogP contribution in [0.25, 0.3) is 0 Å². The van der Waals surface area contributed by atoms with Crippen LogP contribution in [0.4, 0.5) is 5.82 Å². The van der Waals surface area contributed by atoms with Crippen molar-refractivity contribution in [1.29, 1.82) is 0 Å². The Hall–Kier alpha value is -1.16. The number of hydrogen-bond donors (Lipinski definition) is 1. The molecule has 0 saturated heterocycles. The van der Waals surface area contributed by atoms with E-state index in [0.29, 0.717) is 4.99 Å². The smallest absolute Gasteiger partial charge is 0.138 e. The van der Waals surface area contributed by atoms with E-state index in [1.165, 1.54) is 49.8 Å². The molecule has 1 fully saturated rings. The molecule has 0 aromatic carbocycles. The summed E-state index contributed by atoms with van der Waals surface area (Å²) in [6, 6.07) is 2.18. The summed E-state index contributed by atoms with van der Waals surface area (Å²) in [5, 5.41) is 0. The van der Waals surface area contributed by atoms with Gasteiger partial charge in [0.1, 0.15) is 10.8 Å². The SMILES string of the molecule is CN(CC1CCCCC1)c1nc2c(cc1C(N)=S)CCC2. The first-order valence-corrected chi connectivity index (χ1v) is 8.59. The Morgan fingerprint density at radius 2 is 2.05 bits per heavy atom. The lowest BCUT2D eigenvalue weighted by Crippen LogP contribution is -2.30. The minimum Gasteiger partial charge on any atom is -0.389 e. The Labute approximate surface area is 132 Å². The van der Waals surface area contributed by atoms with Gasteiger partial charge >= 0.3 is 0 Å². The van der Waals surface area contributed by atoms with E-state index in [9.17, 15) is 0 Å². The molecular weight excluding hydrogens is 278 g/mol. The van der Waals surface area contributed by atoms with E-state index in [2.05, 4.69) is 18.0 Å². The first kappa shape index (κ1) is 14.8. The highest BCUT2D eigenvalue weighted by molar-refractivity contribution is 7.80. The fourth-order valence-corrected chi connectivity index (χ4v) is 3.93. The first-order valence-electron chi connectivity index (χ1n) is 8.19. The topological polar surface area (TPSA) is 42.2 Å². The minimum atomic E-state index is 0.475. The van der Waals surface area contributed by atoms with E-state index in [0.717, 1.165) is 36.7 Å². The van der Waals surface area contributed by atoms with E-state index in [4.69, 9.17) is 22.9 Å². The zero-order valence-corrected chi connectivity index (χ0v) is 13.7. The van der Waals surface area contributed by atoms with Crippen molar-refractivity contribution in [3.63, 3.8) is 0 Å². The normalized spacial score (nSPS) is 18.5. The lowest BCUT2D eigenvalue weighted by molar-refractivity contribution is 0.361. The van der Waals surface area contributed by atoms with Crippen LogP contribution in [0.3, 0.4) is 0 Å². The number of rotatable bonds is 4. The van der Waals surface area contributed by atoms with Crippen molar-refractivity contribution < 1.29 is 0 Å². The molecule has 0 atom stereocenters. The zero-order chi connectivity index (χ0) is 14.8. The molecule has 3 rings (SSSR count). The Morgan fingerprint density at radius 1 is 1.29 bits per heavy atom. The number of hydrogen-bond acceptors (Lipinski definition) is 3. The molecule has 0 unspecified atom stereocenters. The Morgan fingerprint density at radius 3 is 2.76 bits per heavy atom. The fourth-order valence-electron chi connectivity index (χ4n) is 3.78. The molecule has 3 nitrogen and oxygen atoms in total. The third kappa shape index (κ3) is 3.20. The number of aromatic nitrogens is 1. The molecule has 0 aliphatic heterocycles. The summed E-state index contributed by atoms with van der Waals surface area (Å²) in [6.07, 6.45) is 10.2. The van der Waals surface area contributed by atoms with Crippen molar-refractivity contribution in [3.8, 4) is 0 Å². The van der Waals surface area contributed by atoms with Crippen LogP contribution in [0.1, 0.15) is 55.3 Å². The van der Waals surface area contributed by atoms with Crippen molar-refractivity contribution in [2.24, 2.45) is 11.7 Å². The summed E-state index contributed by atoms with van der Waals surface area (Å²) < 4.78 is 0. The Balaban J connectivity index is 1.83. The number of pyridine rings is 1. The number of fused-ring (bicyclic) bond motifs is 1. The molecule has 0 amide bonds. The zero-order valence-electron chi connectivity index (χ0n) is 12.9. The second-order valence-electron chi connectivity index (χ2n) is 6.57. The highest BCUT2D eigenvalue weighted by atomic mass is 32.1. The maximum Gasteiger partial charge on any atom is 0.138 e. The van der Waals surface area contributed by atoms with Gasteiger partial charge in [0.25, 0.3) is 0 Å². The summed E-state index contributed by atoms with van der Waals surface area (Å²) in [4.78, 5) is 7.65. The van der Waals surface area contributed by atoms with Crippen molar-refractivity contribution in [2.45, 2.75) is 51.4 Å². The quantitative estimate of drug-likeness (QED) is 0.867. The van der Waals surface area contributed by atoms with Gasteiger partial charge in [0, 0.05) is 19.3 Å². The highest BCUT2D eigenvalue weighted by Crippen LogP contribution is 2.29. The number of aryl methyl sites for hydroxylation is 2. The van der Waals surface area contributed by atoms with Crippen LogP contribution < -0.4 is 10.6 Å². The van der Waals surface area contributed by atoms with E-state index >= 15 is 0 Å². The maximum atomic E-state index is 5.94. The van der Waals surface area contributed by atoms with Crippen molar-refractivity contribution in [3.05, 3.63) is 22.9 Å². The molecule has 4 heteroatoms. The van der Waals surface area contributed by atoms with Crippen LogP contribution in [0.2, 0.25) is 0 Å². The van der Waals surface area contributed by atoms with Gasteiger partial charge in [0.15, 0.2) is 0 Å². The third-order valence-electron chi connectivity index (χ3n) is 4.91. The van der Waals surface area contributed by atoms with E-state index in [1.807, 2.05) is 0 Å². The van der Waals surface area contributed by atoms with Crippen LogP contribution in [-0.2, 0) is 12.8 Å². The lowest BCUT2D eigenvalue weighted by Gasteiger charge is -2.29. The molecule has 1 aromatic rings. The van der Waals surface area contributed by atoms with Gasteiger partial charge in [-0.05, 0) is 49.7 Å². The molecule has 1 saturated carbocycles. The standard InChI is InChI=1S/C17H25N3S/c1-20(11-12-6-3-2-4-7-12)17-14(16(18)21)10-13-8-5-9-15(13)19-17/h10,12H,2-9,11H2,1H3,(H2,18,21). The Kier molecular flexibility index (Phi) is 4.43. The second-order valence-corrected chi connectivity index (χ2v) is 7.01. The maximum absolute atomic E-state index is 5.94. The summed E-state index contributed by atoms with van der Waals surface area (Å²) in [6.45, 7) is 1.07. The molecule has 1 heterocycles. The summed E-state index contributed by atoms with van der Waals surface area (Å²) in [7, 11) is 2.14. The van der Waals surface area contributed by atoms with Gasteiger partial charge in [-0.25, -0.2) is 4.98 Å². The molecular formula is C17H25N3S. The summed E-state index contributed by atoms with van der Waals surface area (Å²) in [5.41, 5.74) is 9.50. The average molecular weight is 303 g/mol. The molecule has 2 aliphatic rings. The van der Waals surface area contributed by atoms with Crippen molar-refractivity contribution in [1.82, 2.24) is 4.98 Å². The van der Waals surface area contributed by atoms with Crippen LogP contribution in [0.5, 0.6) is 0 Å². The lowest BCUT2D eigenvalue weighted by atomic mass is 9.89. The van der Waals surface area contributed by atoms with Gasteiger partial charge in [-0.3, -0.25) is 0 Å². The minimum absolute atomic E-state index is 0.475. The predicted octanol–water partition coefficient (Wildman–Crippen LogP) is 3.22. The molecule has 2 aliphatic carbocycles. The molecule has 1 aromatic heterocycles. The number of nitrogens with two attached hydrogens (primary N) is 1. The van der Waals surface area contributed by atoms with E-state index in [1.54, 1.807) is 0 Å². The Bertz CT molecular complexity index is 535. The van der Waals surface area contributed by atoms with Gasteiger partial charge < -0.3 is 10.6 Å². The summed E-state index contributed by atoms with van der Waals surface area (Å²) in [5.74, 6) is 1.78. The molecule has 2 N–H and O–H groups in total. The van der Waals surface area contributed by atoms with Crippen LogP contribution in [0, 0.1) is 5.92 Å². The van der Waals surface area contributed by atoms with Crippen molar-refractivity contribution >= 4 is 23.0 Å². The first-order chi connectivity index (χ1) is 10.1. The van der Waals surface area contributed by atoms with Crippen molar-refractivity contribution in [2.75, 3.05) is 18.5 Å². The monoisotopic (exact) mass is 303 g/mol.